The molecule has 1 heterocycles. The molecule has 11 nitrogen and oxygen atoms in total. The number of nitrogens with two attached hydrogens (primary N) is 2. The van der Waals surface area contributed by atoms with E-state index < -0.39 is 54.0 Å². The average Bonchev–Trinajstić information content (AvgIpc) is 3.32. The minimum Gasteiger partial charge on any atom is -0.480 e. The van der Waals surface area contributed by atoms with E-state index in [0.717, 1.165) is 5.56 Å². The van der Waals surface area contributed by atoms with Gasteiger partial charge in [0, 0.05) is 13.0 Å². The van der Waals surface area contributed by atoms with E-state index in [2.05, 4.69) is 10.6 Å². The van der Waals surface area contributed by atoms with Crippen molar-refractivity contribution in [1.82, 2.24) is 15.5 Å². The number of aliphatic hydroxyl groups excluding tert-OH is 1. The van der Waals surface area contributed by atoms with Crippen LogP contribution in [0.15, 0.2) is 30.3 Å². The van der Waals surface area contributed by atoms with Crippen LogP contribution in [0.3, 0.4) is 0 Å². The van der Waals surface area contributed by atoms with Crippen LogP contribution in [-0.2, 0) is 25.6 Å². The van der Waals surface area contributed by atoms with Crippen molar-refractivity contribution in [2.24, 2.45) is 11.5 Å². The summed E-state index contributed by atoms with van der Waals surface area (Å²) in [5.74, 6) is -2.98. The number of unbranched alkanes of at least 4 members (excludes halogenated alkanes) is 1. The molecule has 1 aromatic rings. The van der Waals surface area contributed by atoms with Crippen LogP contribution in [0.1, 0.15) is 44.6 Å². The van der Waals surface area contributed by atoms with Gasteiger partial charge in [0.05, 0.1) is 12.1 Å². The monoisotopic (exact) mass is 491 g/mol. The Kier molecular flexibility index (Phi) is 11.1. The van der Waals surface area contributed by atoms with Crippen LogP contribution in [0, 0.1) is 0 Å². The number of hydrogen-bond donors (Lipinski definition) is 6. The number of carbonyl (C=O) groups excluding carboxylic acids is 3. The fourth-order valence-corrected chi connectivity index (χ4v) is 4.10. The second-order valence-corrected chi connectivity index (χ2v) is 8.90. The van der Waals surface area contributed by atoms with Crippen LogP contribution in [0.4, 0.5) is 0 Å². The minimum absolute atomic E-state index is 0.118. The molecule has 0 aromatic heterocycles. The third-order valence-corrected chi connectivity index (χ3v) is 6.09. The molecular weight excluding hydrogens is 454 g/mol. The van der Waals surface area contributed by atoms with Crippen molar-refractivity contribution in [2.75, 3.05) is 13.1 Å². The third-order valence-electron chi connectivity index (χ3n) is 6.09. The number of aliphatic hydroxyl groups is 1. The molecule has 5 unspecified atom stereocenters. The number of carboxylic acids is 1. The Hall–Kier alpha value is -3.02. The first-order chi connectivity index (χ1) is 16.6. The zero-order chi connectivity index (χ0) is 26.0. The number of amides is 3. The van der Waals surface area contributed by atoms with Gasteiger partial charge in [0.1, 0.15) is 18.1 Å². The quantitative estimate of drug-likeness (QED) is 0.192. The van der Waals surface area contributed by atoms with Crippen molar-refractivity contribution < 1.29 is 29.4 Å². The van der Waals surface area contributed by atoms with Gasteiger partial charge in [-0.15, -0.1) is 0 Å². The van der Waals surface area contributed by atoms with E-state index in [0.29, 0.717) is 38.6 Å². The molecule has 1 fully saturated rings. The van der Waals surface area contributed by atoms with Gasteiger partial charge in [-0.2, -0.15) is 0 Å². The second-order valence-electron chi connectivity index (χ2n) is 8.90. The van der Waals surface area contributed by atoms with Crippen LogP contribution >= 0.6 is 0 Å². The number of nitrogens with one attached hydrogen (secondary N) is 2. The Labute approximate surface area is 205 Å². The van der Waals surface area contributed by atoms with Gasteiger partial charge >= 0.3 is 5.97 Å². The highest BCUT2D eigenvalue weighted by molar-refractivity contribution is 5.94. The number of nitrogens with zero attached hydrogens (tertiary/aromatic N) is 1. The summed E-state index contributed by atoms with van der Waals surface area (Å²) in [5, 5.41) is 24.8. The van der Waals surface area contributed by atoms with Crippen molar-refractivity contribution in [3.63, 3.8) is 0 Å². The standard InChI is InChI=1S/C24H37N5O6/c1-15(30)20(28-21(31)17(26)10-5-6-12-25)22(32)27-18(14-16-8-3-2-4-9-16)23(33)29-13-7-11-19(29)24(34)35/h2-4,8-9,15,17-20,30H,5-7,10-14,25-26H2,1H3,(H,27,32)(H,28,31)(H,34,35). The smallest absolute Gasteiger partial charge is 0.326 e. The molecular formula is C24H37N5O6. The Bertz CT molecular complexity index is 865. The summed E-state index contributed by atoms with van der Waals surface area (Å²) < 4.78 is 0. The van der Waals surface area contributed by atoms with Crippen LogP contribution < -0.4 is 22.1 Å². The van der Waals surface area contributed by atoms with Crippen LogP contribution in [0.5, 0.6) is 0 Å². The van der Waals surface area contributed by atoms with Gasteiger partial charge in [-0.05, 0) is 44.7 Å². The molecule has 0 aliphatic carbocycles. The lowest BCUT2D eigenvalue weighted by atomic mass is 10.0. The molecule has 1 saturated heterocycles. The largest absolute Gasteiger partial charge is 0.480 e. The second kappa shape index (κ2) is 13.8. The molecule has 3 amide bonds. The van der Waals surface area contributed by atoms with Gasteiger partial charge in [0.25, 0.3) is 0 Å². The number of carbonyl (C=O) groups is 4. The molecule has 0 spiro atoms. The first kappa shape index (κ1) is 28.2. The highest BCUT2D eigenvalue weighted by Crippen LogP contribution is 2.20. The molecule has 5 atom stereocenters. The molecule has 0 radical (unpaired) electrons. The molecule has 1 aliphatic rings. The number of aliphatic carboxylic acids is 1. The maximum Gasteiger partial charge on any atom is 0.326 e. The molecule has 0 bridgehead atoms. The summed E-state index contributed by atoms with van der Waals surface area (Å²) >= 11 is 0. The zero-order valence-corrected chi connectivity index (χ0v) is 20.1. The SMILES string of the molecule is CC(O)C(NC(=O)C(N)CCCCN)C(=O)NC(Cc1ccccc1)C(=O)N1CCCC1C(=O)O. The summed E-state index contributed by atoms with van der Waals surface area (Å²) in [6.07, 6.45) is 1.46. The molecule has 0 saturated carbocycles. The molecule has 11 heteroatoms. The molecule has 1 aliphatic heterocycles. The van der Waals surface area contributed by atoms with Crippen LogP contribution in [0.2, 0.25) is 0 Å². The van der Waals surface area contributed by atoms with Crippen LogP contribution in [0.25, 0.3) is 0 Å². The lowest BCUT2D eigenvalue weighted by Crippen LogP contribution is -2.60. The predicted octanol–water partition coefficient (Wildman–Crippen LogP) is -0.889. The van der Waals surface area contributed by atoms with Crippen molar-refractivity contribution in [2.45, 2.75) is 75.7 Å². The number of likely N-dealkylation sites (tertiary alicyclic amines) is 1. The normalized spacial score (nSPS) is 18.9. The van der Waals surface area contributed by atoms with Crippen molar-refractivity contribution in [1.29, 1.82) is 0 Å². The van der Waals surface area contributed by atoms with E-state index in [1.165, 1.54) is 11.8 Å². The van der Waals surface area contributed by atoms with Gasteiger partial charge in [-0.1, -0.05) is 36.8 Å². The summed E-state index contributed by atoms with van der Waals surface area (Å²) in [7, 11) is 0. The number of hydrogen-bond acceptors (Lipinski definition) is 7. The van der Waals surface area contributed by atoms with Gasteiger partial charge in [-0.25, -0.2) is 4.79 Å². The fourth-order valence-electron chi connectivity index (χ4n) is 4.10. The average molecular weight is 492 g/mol. The van der Waals surface area contributed by atoms with Crippen LogP contribution in [-0.4, -0.2) is 82.2 Å². The molecule has 1 aromatic carbocycles. The summed E-state index contributed by atoms with van der Waals surface area (Å²) in [6.45, 7) is 2.09. The lowest BCUT2D eigenvalue weighted by Gasteiger charge is -2.29. The Morgan fingerprint density at radius 1 is 1.11 bits per heavy atom. The number of carboxylic acid groups (broad SMARTS) is 1. The predicted molar refractivity (Wildman–Crippen MR) is 129 cm³/mol. The molecule has 8 N–H and O–H groups in total. The molecule has 194 valence electrons. The fraction of sp³-hybridized carbons (Fsp3) is 0.583. The lowest BCUT2D eigenvalue weighted by molar-refractivity contribution is -0.149. The minimum atomic E-state index is -1.34. The number of rotatable bonds is 13. The first-order valence-electron chi connectivity index (χ1n) is 12.0. The Morgan fingerprint density at radius 2 is 1.80 bits per heavy atom. The number of benzene rings is 1. The Balaban J connectivity index is 2.17. The topological polar surface area (TPSA) is 188 Å². The van der Waals surface area contributed by atoms with E-state index in [1.54, 1.807) is 24.3 Å². The molecule has 35 heavy (non-hydrogen) atoms. The van der Waals surface area contributed by atoms with E-state index in [-0.39, 0.29) is 13.0 Å². The van der Waals surface area contributed by atoms with Crippen molar-refractivity contribution in [3.05, 3.63) is 35.9 Å². The van der Waals surface area contributed by atoms with Gasteiger partial charge in [0.15, 0.2) is 0 Å². The third kappa shape index (κ3) is 8.30. The maximum atomic E-state index is 13.3. The summed E-state index contributed by atoms with van der Waals surface area (Å²) in [5.41, 5.74) is 12.1. The highest BCUT2D eigenvalue weighted by Gasteiger charge is 2.39. The van der Waals surface area contributed by atoms with Crippen molar-refractivity contribution >= 4 is 23.7 Å². The van der Waals surface area contributed by atoms with Gasteiger partial charge in [0.2, 0.25) is 17.7 Å². The first-order valence-corrected chi connectivity index (χ1v) is 12.0. The van der Waals surface area contributed by atoms with Gasteiger partial charge < -0.3 is 37.2 Å². The summed E-state index contributed by atoms with van der Waals surface area (Å²) in [4.78, 5) is 51.8. The maximum absolute atomic E-state index is 13.3. The van der Waals surface area contributed by atoms with Gasteiger partial charge in [-0.3, -0.25) is 14.4 Å². The zero-order valence-electron chi connectivity index (χ0n) is 20.1. The van der Waals surface area contributed by atoms with E-state index in [1.807, 2.05) is 6.07 Å². The summed E-state index contributed by atoms with van der Waals surface area (Å²) in [6, 6.07) is 4.71. The van der Waals surface area contributed by atoms with E-state index in [4.69, 9.17) is 11.5 Å². The highest BCUT2D eigenvalue weighted by atomic mass is 16.4. The molecule has 2 rings (SSSR count). The van der Waals surface area contributed by atoms with Crippen molar-refractivity contribution in [3.8, 4) is 0 Å². The van der Waals surface area contributed by atoms with E-state index in [9.17, 15) is 29.4 Å². The van der Waals surface area contributed by atoms with E-state index >= 15 is 0 Å². The Morgan fingerprint density at radius 3 is 2.40 bits per heavy atom.